The Morgan fingerprint density at radius 3 is 2.59 bits per heavy atom. The first-order chi connectivity index (χ1) is 12.8. The molecule has 0 unspecified atom stereocenters. The number of rotatable bonds is 6. The molecule has 27 heavy (non-hydrogen) atoms. The van der Waals surface area contributed by atoms with Gasteiger partial charge in [0.05, 0.1) is 19.6 Å². The summed E-state index contributed by atoms with van der Waals surface area (Å²) in [6.45, 7) is 5.87. The predicted molar refractivity (Wildman–Crippen MR) is 96.5 cm³/mol. The molecule has 2 saturated carbocycles. The van der Waals surface area contributed by atoms with Crippen LogP contribution in [0.15, 0.2) is 0 Å². The van der Waals surface area contributed by atoms with Crippen LogP contribution in [0.1, 0.15) is 39.5 Å². The van der Waals surface area contributed by atoms with E-state index in [0.717, 1.165) is 12.8 Å². The highest BCUT2D eigenvalue weighted by Gasteiger charge is 2.70. The standard InChI is InChI=1S/C20H30N2O5/c1-20(2)13-9-22(16(15(13)20)19(25)26-3)18(24)14(8-11-4-5-11)21-17(23)12-6-7-27-10-12/h11-16H,4-10H2,1-3H3,(H,21,23)/t12-,13-,14-,15-,16-/m0/s1. The lowest BCUT2D eigenvalue weighted by Gasteiger charge is -2.32. The van der Waals surface area contributed by atoms with E-state index in [4.69, 9.17) is 9.47 Å². The number of fused-ring (bicyclic) bond motifs is 1. The number of amides is 2. The van der Waals surface area contributed by atoms with E-state index in [2.05, 4.69) is 19.2 Å². The van der Waals surface area contributed by atoms with Gasteiger partial charge in [-0.15, -0.1) is 0 Å². The summed E-state index contributed by atoms with van der Waals surface area (Å²) >= 11 is 0. The molecule has 1 N–H and O–H groups in total. The largest absolute Gasteiger partial charge is 0.467 e. The molecular formula is C20H30N2O5. The van der Waals surface area contributed by atoms with E-state index >= 15 is 0 Å². The summed E-state index contributed by atoms with van der Waals surface area (Å²) in [6, 6.07) is -1.09. The van der Waals surface area contributed by atoms with Crippen LogP contribution in [0.2, 0.25) is 0 Å². The van der Waals surface area contributed by atoms with Crippen molar-refractivity contribution in [2.24, 2.45) is 29.1 Å². The van der Waals surface area contributed by atoms with Gasteiger partial charge in [-0.05, 0) is 30.1 Å². The number of carbonyl (C=O) groups is 3. The highest BCUT2D eigenvalue weighted by molar-refractivity contribution is 5.92. The van der Waals surface area contributed by atoms with Gasteiger partial charge < -0.3 is 19.7 Å². The number of carbonyl (C=O) groups excluding carboxylic acids is 3. The van der Waals surface area contributed by atoms with Gasteiger partial charge in [0.25, 0.3) is 0 Å². The fraction of sp³-hybridized carbons (Fsp3) is 0.850. The van der Waals surface area contributed by atoms with Crippen LogP contribution in [-0.4, -0.2) is 61.6 Å². The fourth-order valence-electron chi connectivity index (χ4n) is 5.04. The maximum atomic E-state index is 13.3. The highest BCUT2D eigenvalue weighted by Crippen LogP contribution is 2.65. The lowest BCUT2D eigenvalue weighted by atomic mass is 9.99. The van der Waals surface area contributed by atoms with Crippen molar-refractivity contribution < 1.29 is 23.9 Å². The Hall–Kier alpha value is -1.63. The number of methoxy groups -OCH3 is 1. The van der Waals surface area contributed by atoms with Crippen molar-refractivity contribution in [3.05, 3.63) is 0 Å². The summed E-state index contributed by atoms with van der Waals surface area (Å²) in [5.41, 5.74) is 0.0616. The second-order valence-electron chi connectivity index (χ2n) is 9.21. The second-order valence-corrected chi connectivity index (χ2v) is 9.21. The summed E-state index contributed by atoms with van der Waals surface area (Å²) in [7, 11) is 1.37. The fourth-order valence-corrected chi connectivity index (χ4v) is 5.04. The summed E-state index contributed by atoms with van der Waals surface area (Å²) in [5, 5.41) is 2.97. The highest BCUT2D eigenvalue weighted by atomic mass is 16.5. The SMILES string of the molecule is COC(=O)[C@@H]1[C@@H]2[C@H](CN1C(=O)[C@H](CC1CC1)NC(=O)[C@H]1CCOC1)C2(C)C. The van der Waals surface area contributed by atoms with Crippen molar-refractivity contribution >= 4 is 17.8 Å². The minimum absolute atomic E-state index is 0.0616. The van der Waals surface area contributed by atoms with E-state index in [1.165, 1.54) is 7.11 Å². The molecule has 0 aromatic carbocycles. The minimum Gasteiger partial charge on any atom is -0.467 e. The first-order valence-corrected chi connectivity index (χ1v) is 10.1. The molecule has 2 aliphatic carbocycles. The predicted octanol–water partition coefficient (Wildman–Crippen LogP) is 0.964. The molecule has 4 aliphatic rings. The Morgan fingerprint density at radius 2 is 2.00 bits per heavy atom. The average Bonchev–Trinajstić information content (AvgIpc) is 3.35. The Morgan fingerprint density at radius 1 is 1.26 bits per heavy atom. The van der Waals surface area contributed by atoms with E-state index in [-0.39, 0.29) is 35.0 Å². The van der Waals surface area contributed by atoms with Gasteiger partial charge in [0.2, 0.25) is 11.8 Å². The van der Waals surface area contributed by atoms with Crippen molar-refractivity contribution in [1.82, 2.24) is 10.2 Å². The third-order valence-corrected chi connectivity index (χ3v) is 7.12. The van der Waals surface area contributed by atoms with E-state index in [0.29, 0.717) is 44.4 Å². The van der Waals surface area contributed by atoms with E-state index < -0.39 is 12.1 Å². The maximum absolute atomic E-state index is 13.3. The minimum atomic E-state index is -0.557. The second kappa shape index (κ2) is 6.76. The number of nitrogens with one attached hydrogen (secondary N) is 1. The Bertz CT molecular complexity index is 638. The molecule has 2 aliphatic heterocycles. The number of hydrogen-bond donors (Lipinski definition) is 1. The summed E-state index contributed by atoms with van der Waals surface area (Å²) in [4.78, 5) is 40.0. The van der Waals surface area contributed by atoms with Gasteiger partial charge in [0.15, 0.2) is 0 Å². The van der Waals surface area contributed by atoms with Crippen molar-refractivity contribution in [1.29, 1.82) is 0 Å². The molecule has 2 saturated heterocycles. The van der Waals surface area contributed by atoms with Crippen LogP contribution in [0.4, 0.5) is 0 Å². The topological polar surface area (TPSA) is 84.9 Å². The zero-order valence-electron chi connectivity index (χ0n) is 16.4. The third kappa shape index (κ3) is 3.35. The monoisotopic (exact) mass is 378 g/mol. The number of esters is 1. The first-order valence-electron chi connectivity index (χ1n) is 10.1. The number of hydrogen-bond acceptors (Lipinski definition) is 5. The van der Waals surface area contributed by atoms with Crippen LogP contribution < -0.4 is 5.32 Å². The van der Waals surface area contributed by atoms with Gasteiger partial charge in [-0.3, -0.25) is 9.59 Å². The van der Waals surface area contributed by atoms with Crippen LogP contribution in [-0.2, 0) is 23.9 Å². The van der Waals surface area contributed by atoms with E-state index in [9.17, 15) is 14.4 Å². The lowest BCUT2D eigenvalue weighted by Crippen LogP contribution is -2.55. The number of ether oxygens (including phenoxy) is 2. The maximum Gasteiger partial charge on any atom is 0.328 e. The molecule has 4 fully saturated rings. The molecule has 0 radical (unpaired) electrons. The zero-order chi connectivity index (χ0) is 19.3. The molecule has 2 heterocycles. The summed E-state index contributed by atoms with van der Waals surface area (Å²) < 4.78 is 10.3. The van der Waals surface area contributed by atoms with Crippen molar-refractivity contribution in [3.63, 3.8) is 0 Å². The van der Waals surface area contributed by atoms with Crippen LogP contribution in [0.5, 0.6) is 0 Å². The smallest absolute Gasteiger partial charge is 0.328 e. The molecule has 5 atom stereocenters. The summed E-state index contributed by atoms with van der Waals surface area (Å²) in [6.07, 6.45) is 3.56. The molecular weight excluding hydrogens is 348 g/mol. The normalized spacial score (nSPS) is 34.7. The van der Waals surface area contributed by atoms with Crippen LogP contribution in [0, 0.1) is 29.1 Å². The van der Waals surface area contributed by atoms with E-state index in [1.807, 2.05) is 0 Å². The van der Waals surface area contributed by atoms with Crippen molar-refractivity contribution in [3.8, 4) is 0 Å². The summed E-state index contributed by atoms with van der Waals surface area (Å²) in [5.74, 6) is 0.201. The quantitative estimate of drug-likeness (QED) is 0.696. The van der Waals surface area contributed by atoms with Gasteiger partial charge in [-0.2, -0.15) is 0 Å². The van der Waals surface area contributed by atoms with Gasteiger partial charge in [-0.25, -0.2) is 4.79 Å². The van der Waals surface area contributed by atoms with Crippen molar-refractivity contribution in [2.75, 3.05) is 26.9 Å². The molecule has 0 spiro atoms. The van der Waals surface area contributed by atoms with Gasteiger partial charge in [0.1, 0.15) is 12.1 Å². The van der Waals surface area contributed by atoms with Crippen LogP contribution in [0.3, 0.4) is 0 Å². The zero-order valence-corrected chi connectivity index (χ0v) is 16.4. The van der Waals surface area contributed by atoms with Gasteiger partial charge >= 0.3 is 5.97 Å². The molecule has 0 aromatic rings. The average molecular weight is 378 g/mol. The Labute approximate surface area is 160 Å². The molecule has 7 nitrogen and oxygen atoms in total. The lowest BCUT2D eigenvalue weighted by molar-refractivity contribution is -0.154. The van der Waals surface area contributed by atoms with Crippen LogP contribution >= 0.6 is 0 Å². The third-order valence-electron chi connectivity index (χ3n) is 7.12. The van der Waals surface area contributed by atoms with E-state index in [1.54, 1.807) is 4.90 Å². The molecule has 0 aromatic heterocycles. The molecule has 150 valence electrons. The molecule has 4 rings (SSSR count). The van der Waals surface area contributed by atoms with Crippen LogP contribution in [0.25, 0.3) is 0 Å². The number of likely N-dealkylation sites (tertiary alicyclic amines) is 1. The molecule has 7 heteroatoms. The first kappa shape index (κ1) is 18.7. The Kier molecular flexibility index (Phi) is 4.69. The Balaban J connectivity index is 1.48. The van der Waals surface area contributed by atoms with Gasteiger partial charge in [-0.1, -0.05) is 26.7 Å². The van der Waals surface area contributed by atoms with Gasteiger partial charge in [0, 0.05) is 19.1 Å². The molecule has 2 amide bonds. The molecule has 0 bridgehead atoms. The number of piperidine rings is 1. The number of nitrogens with zero attached hydrogens (tertiary/aromatic N) is 1. The van der Waals surface area contributed by atoms with Crippen molar-refractivity contribution in [2.45, 2.75) is 51.6 Å².